The van der Waals surface area contributed by atoms with E-state index in [-0.39, 0.29) is 11.1 Å². The minimum atomic E-state index is -0.736. The van der Waals surface area contributed by atoms with E-state index in [9.17, 15) is 14.4 Å². The van der Waals surface area contributed by atoms with Crippen LogP contribution in [0.15, 0.2) is 69.6 Å². The van der Waals surface area contributed by atoms with Gasteiger partial charge >= 0.3 is 11.9 Å². The summed E-state index contributed by atoms with van der Waals surface area (Å²) in [5.74, 6) is -1.03. The summed E-state index contributed by atoms with van der Waals surface area (Å²) in [7, 11) is 2.60. The first-order valence-electron chi connectivity index (χ1n) is 10.2. The summed E-state index contributed by atoms with van der Waals surface area (Å²) in [5, 5.41) is 0. The average Bonchev–Trinajstić information content (AvgIpc) is 3.13. The number of carbonyl (C=O) groups excluding carboxylic acids is 2. The van der Waals surface area contributed by atoms with Crippen molar-refractivity contribution in [3.05, 3.63) is 102 Å². The van der Waals surface area contributed by atoms with Crippen LogP contribution in [0.3, 0.4) is 0 Å². The molecule has 168 valence electrons. The molecule has 0 fully saturated rings. The molecular formula is C25H22N2O5S. The maximum Gasteiger partial charge on any atom is 0.338 e. The second-order valence-electron chi connectivity index (χ2n) is 7.60. The minimum absolute atomic E-state index is 0.254. The quantitative estimate of drug-likeness (QED) is 0.556. The van der Waals surface area contributed by atoms with E-state index in [1.54, 1.807) is 31.2 Å². The van der Waals surface area contributed by atoms with Gasteiger partial charge in [0.15, 0.2) is 4.80 Å². The van der Waals surface area contributed by atoms with Crippen LogP contribution >= 0.6 is 11.3 Å². The van der Waals surface area contributed by atoms with Crippen molar-refractivity contribution >= 4 is 29.4 Å². The van der Waals surface area contributed by atoms with Gasteiger partial charge in [-0.15, -0.1) is 0 Å². The lowest BCUT2D eigenvalue weighted by molar-refractivity contribution is -0.136. The molecule has 4 rings (SSSR count). The van der Waals surface area contributed by atoms with E-state index in [1.807, 2.05) is 37.3 Å². The molecule has 1 unspecified atom stereocenters. The summed E-state index contributed by atoms with van der Waals surface area (Å²) in [6.45, 7) is 3.72. The Morgan fingerprint density at radius 3 is 2.21 bits per heavy atom. The molecule has 2 aromatic carbocycles. The van der Waals surface area contributed by atoms with Gasteiger partial charge < -0.3 is 9.47 Å². The third kappa shape index (κ3) is 4.17. The molecule has 0 saturated heterocycles. The van der Waals surface area contributed by atoms with Gasteiger partial charge in [-0.05, 0) is 43.2 Å². The molecule has 0 saturated carbocycles. The molecule has 3 aromatic rings. The van der Waals surface area contributed by atoms with Crippen LogP contribution in [0, 0.1) is 6.92 Å². The number of ether oxygens (including phenoxy) is 2. The number of aromatic nitrogens is 1. The topological polar surface area (TPSA) is 87.0 Å². The van der Waals surface area contributed by atoms with Crippen molar-refractivity contribution in [2.24, 2.45) is 4.99 Å². The predicted octanol–water partition coefficient (Wildman–Crippen LogP) is 2.50. The number of hydrogen-bond acceptors (Lipinski definition) is 7. The zero-order valence-corrected chi connectivity index (χ0v) is 19.4. The highest BCUT2D eigenvalue weighted by molar-refractivity contribution is 7.07. The van der Waals surface area contributed by atoms with E-state index < -0.39 is 18.0 Å². The highest BCUT2D eigenvalue weighted by Gasteiger charge is 2.33. The Morgan fingerprint density at radius 1 is 0.970 bits per heavy atom. The van der Waals surface area contributed by atoms with Crippen molar-refractivity contribution in [1.29, 1.82) is 0 Å². The van der Waals surface area contributed by atoms with Gasteiger partial charge in [0.2, 0.25) is 0 Å². The van der Waals surface area contributed by atoms with Gasteiger partial charge in [-0.25, -0.2) is 14.6 Å². The fourth-order valence-corrected chi connectivity index (χ4v) is 4.79. The number of fused-ring (bicyclic) bond motifs is 1. The van der Waals surface area contributed by atoms with E-state index >= 15 is 0 Å². The summed E-state index contributed by atoms with van der Waals surface area (Å²) in [5.41, 5.74) is 3.55. The standard InChI is InChI=1S/C25H22N2O5S/c1-14-5-7-16(8-6-14)13-19-22(28)27-21(17-9-11-18(12-10-17)23(29)31-3)20(24(30)32-4)15(2)26-25(27)33-19/h5-13,21H,1-4H3. The van der Waals surface area contributed by atoms with Crippen molar-refractivity contribution in [1.82, 2.24) is 4.57 Å². The minimum Gasteiger partial charge on any atom is -0.466 e. The summed E-state index contributed by atoms with van der Waals surface area (Å²) < 4.78 is 11.8. The maximum absolute atomic E-state index is 13.5. The Bertz CT molecular complexity index is 1440. The Kier molecular flexibility index (Phi) is 6.11. The van der Waals surface area contributed by atoms with Crippen LogP contribution in [0.5, 0.6) is 0 Å². The Labute approximate surface area is 193 Å². The molecule has 2 heterocycles. The maximum atomic E-state index is 13.5. The number of allylic oxidation sites excluding steroid dienone is 1. The van der Waals surface area contributed by atoms with Crippen LogP contribution in [0.4, 0.5) is 0 Å². The first kappa shape index (κ1) is 22.4. The van der Waals surface area contributed by atoms with Crippen LogP contribution in [0.25, 0.3) is 6.08 Å². The van der Waals surface area contributed by atoms with Gasteiger partial charge in [0.1, 0.15) is 0 Å². The van der Waals surface area contributed by atoms with E-state index in [1.165, 1.54) is 30.1 Å². The Balaban J connectivity index is 1.92. The number of thiazole rings is 1. The third-order valence-electron chi connectivity index (χ3n) is 5.45. The number of carbonyl (C=O) groups is 2. The first-order valence-corrected chi connectivity index (χ1v) is 11.0. The molecule has 0 aliphatic carbocycles. The summed E-state index contributed by atoms with van der Waals surface area (Å²) >= 11 is 1.26. The van der Waals surface area contributed by atoms with Gasteiger partial charge in [-0.1, -0.05) is 53.3 Å². The van der Waals surface area contributed by atoms with E-state index in [4.69, 9.17) is 9.47 Å². The van der Waals surface area contributed by atoms with E-state index in [0.29, 0.717) is 26.2 Å². The molecule has 8 heteroatoms. The fourth-order valence-electron chi connectivity index (χ4n) is 3.74. The van der Waals surface area contributed by atoms with Crippen LogP contribution < -0.4 is 14.9 Å². The highest BCUT2D eigenvalue weighted by Crippen LogP contribution is 2.30. The number of esters is 2. The molecule has 1 aliphatic rings. The molecule has 1 aromatic heterocycles. The van der Waals surface area contributed by atoms with Crippen molar-refractivity contribution in [3.8, 4) is 0 Å². The van der Waals surface area contributed by atoms with E-state index in [2.05, 4.69) is 4.99 Å². The number of aryl methyl sites for hydroxylation is 1. The zero-order valence-electron chi connectivity index (χ0n) is 18.6. The highest BCUT2D eigenvalue weighted by atomic mass is 32.1. The lowest BCUT2D eigenvalue weighted by Gasteiger charge is -2.24. The second-order valence-corrected chi connectivity index (χ2v) is 8.61. The Morgan fingerprint density at radius 2 is 1.61 bits per heavy atom. The number of hydrogen-bond donors (Lipinski definition) is 0. The molecule has 0 amide bonds. The van der Waals surface area contributed by atoms with Gasteiger partial charge in [-0.3, -0.25) is 9.36 Å². The molecule has 0 spiro atoms. The van der Waals surface area contributed by atoms with Gasteiger partial charge in [0, 0.05) is 0 Å². The molecule has 0 bridgehead atoms. The molecular weight excluding hydrogens is 440 g/mol. The molecule has 1 atom stereocenters. The van der Waals surface area contributed by atoms with Crippen molar-refractivity contribution in [2.75, 3.05) is 14.2 Å². The lowest BCUT2D eigenvalue weighted by Crippen LogP contribution is -2.39. The molecule has 0 N–H and O–H groups in total. The SMILES string of the molecule is COC(=O)C1=C(C)N=c2sc(=Cc3ccc(C)cc3)c(=O)n2C1c1ccc(C(=O)OC)cc1. The van der Waals surface area contributed by atoms with Gasteiger partial charge in [-0.2, -0.15) is 0 Å². The first-order chi connectivity index (χ1) is 15.8. The van der Waals surface area contributed by atoms with Gasteiger partial charge in [0.25, 0.3) is 5.56 Å². The summed E-state index contributed by atoms with van der Waals surface area (Å²) in [6, 6.07) is 13.7. The molecule has 0 radical (unpaired) electrons. The number of benzene rings is 2. The normalized spacial score (nSPS) is 15.6. The molecule has 33 heavy (non-hydrogen) atoms. The van der Waals surface area contributed by atoms with Crippen LogP contribution in [0.2, 0.25) is 0 Å². The van der Waals surface area contributed by atoms with Crippen LogP contribution in [0.1, 0.15) is 40.0 Å². The molecule has 1 aliphatic heterocycles. The smallest absolute Gasteiger partial charge is 0.338 e. The predicted molar refractivity (Wildman–Crippen MR) is 125 cm³/mol. The summed E-state index contributed by atoms with van der Waals surface area (Å²) in [6.07, 6.45) is 1.82. The number of methoxy groups -OCH3 is 2. The fraction of sp³-hybridized carbons (Fsp3) is 0.200. The van der Waals surface area contributed by atoms with Crippen molar-refractivity contribution in [3.63, 3.8) is 0 Å². The number of nitrogens with zero attached hydrogens (tertiary/aromatic N) is 2. The second kappa shape index (κ2) is 8.99. The van der Waals surface area contributed by atoms with Gasteiger partial charge in [0.05, 0.1) is 41.6 Å². The van der Waals surface area contributed by atoms with Crippen molar-refractivity contribution in [2.45, 2.75) is 19.9 Å². The number of rotatable bonds is 4. The lowest BCUT2D eigenvalue weighted by atomic mass is 9.95. The monoisotopic (exact) mass is 462 g/mol. The average molecular weight is 463 g/mol. The molecule has 7 nitrogen and oxygen atoms in total. The van der Waals surface area contributed by atoms with Crippen LogP contribution in [-0.2, 0) is 14.3 Å². The summed E-state index contributed by atoms with van der Waals surface area (Å²) in [4.78, 5) is 43.1. The third-order valence-corrected chi connectivity index (χ3v) is 6.43. The van der Waals surface area contributed by atoms with Crippen molar-refractivity contribution < 1.29 is 19.1 Å². The zero-order chi connectivity index (χ0) is 23.7. The Hall–Kier alpha value is -3.78. The van der Waals surface area contributed by atoms with E-state index in [0.717, 1.165) is 11.1 Å². The van der Waals surface area contributed by atoms with Crippen LogP contribution in [-0.4, -0.2) is 30.7 Å². The largest absolute Gasteiger partial charge is 0.466 e.